The van der Waals surface area contributed by atoms with Gasteiger partial charge in [-0.1, -0.05) is 13.3 Å². The van der Waals surface area contributed by atoms with Gasteiger partial charge in [0.05, 0.1) is 13.7 Å². The highest BCUT2D eigenvalue weighted by molar-refractivity contribution is 5.99. The van der Waals surface area contributed by atoms with Crippen molar-refractivity contribution in [3.63, 3.8) is 0 Å². The Morgan fingerprint density at radius 2 is 2.05 bits per heavy atom. The summed E-state index contributed by atoms with van der Waals surface area (Å²) in [6.45, 7) is 2.96. The molecule has 0 radical (unpaired) electrons. The lowest BCUT2D eigenvalue weighted by Crippen LogP contribution is -2.31. The van der Waals surface area contributed by atoms with Crippen LogP contribution in [0.3, 0.4) is 0 Å². The lowest BCUT2D eigenvalue weighted by Gasteiger charge is -2.15. The fourth-order valence-corrected chi connectivity index (χ4v) is 2.32. The number of likely N-dealkylation sites (tertiary alicyclic amines) is 1. The van der Waals surface area contributed by atoms with E-state index < -0.39 is 0 Å². The molecule has 4 heteroatoms. The minimum atomic E-state index is -0.0206. The Hall–Kier alpha value is -1.84. The largest absolute Gasteiger partial charge is 0.497 e. The van der Waals surface area contributed by atoms with E-state index in [4.69, 9.17) is 4.74 Å². The Kier molecular flexibility index (Phi) is 4.20. The highest BCUT2D eigenvalue weighted by Crippen LogP contribution is 2.21. The van der Waals surface area contributed by atoms with Gasteiger partial charge >= 0.3 is 0 Å². The molecule has 0 saturated carbocycles. The van der Waals surface area contributed by atoms with Gasteiger partial charge in [-0.3, -0.25) is 9.59 Å². The molecule has 0 bridgehead atoms. The molecule has 1 atom stereocenters. The van der Waals surface area contributed by atoms with Crippen LogP contribution in [0.2, 0.25) is 0 Å². The fraction of sp³-hybridized carbons (Fsp3) is 0.467. The molecule has 1 fully saturated rings. The zero-order valence-corrected chi connectivity index (χ0v) is 11.4. The van der Waals surface area contributed by atoms with Crippen LogP contribution >= 0.6 is 0 Å². The van der Waals surface area contributed by atoms with Crippen molar-refractivity contribution in [1.82, 2.24) is 4.90 Å². The molecule has 2 rings (SSSR count). The molecule has 1 aliphatic rings. The average molecular weight is 261 g/mol. The van der Waals surface area contributed by atoms with Gasteiger partial charge in [-0.25, -0.2) is 0 Å². The molecule has 0 N–H and O–H groups in total. The van der Waals surface area contributed by atoms with E-state index in [0.717, 1.165) is 12.2 Å². The molecule has 102 valence electrons. The Morgan fingerprint density at radius 1 is 1.37 bits per heavy atom. The van der Waals surface area contributed by atoms with Gasteiger partial charge in [0.1, 0.15) is 5.75 Å². The predicted molar refractivity (Wildman–Crippen MR) is 72.3 cm³/mol. The Bertz CT molecular complexity index is 467. The first-order valence-corrected chi connectivity index (χ1v) is 6.59. The monoisotopic (exact) mass is 261 g/mol. The molecule has 1 saturated heterocycles. The number of nitrogens with zero attached hydrogens (tertiary/aromatic N) is 1. The molecule has 19 heavy (non-hydrogen) atoms. The van der Waals surface area contributed by atoms with E-state index in [1.807, 2.05) is 0 Å². The number of carbonyl (C=O) groups is 2. The van der Waals surface area contributed by atoms with Crippen molar-refractivity contribution in [2.24, 2.45) is 5.92 Å². The quantitative estimate of drug-likeness (QED) is 0.763. The summed E-state index contributed by atoms with van der Waals surface area (Å²) >= 11 is 0. The number of hydrogen-bond acceptors (Lipinski definition) is 3. The van der Waals surface area contributed by atoms with Gasteiger partial charge in [0.25, 0.3) is 0 Å². The van der Waals surface area contributed by atoms with Crippen molar-refractivity contribution in [2.75, 3.05) is 20.2 Å². The van der Waals surface area contributed by atoms with E-state index in [1.165, 1.54) is 0 Å². The minimum Gasteiger partial charge on any atom is -0.497 e. The van der Waals surface area contributed by atoms with Crippen LogP contribution in [0.25, 0.3) is 0 Å². The second-order valence-electron chi connectivity index (χ2n) is 4.90. The van der Waals surface area contributed by atoms with Crippen molar-refractivity contribution in [3.8, 4) is 5.75 Å². The maximum atomic E-state index is 12.1. The minimum absolute atomic E-state index is 0.0206. The number of hydrogen-bond donors (Lipinski definition) is 0. The third kappa shape index (κ3) is 3.13. The molecule has 1 aliphatic heterocycles. The van der Waals surface area contributed by atoms with Crippen LogP contribution in [-0.4, -0.2) is 36.8 Å². The Labute approximate surface area is 113 Å². The first-order chi connectivity index (χ1) is 9.13. The summed E-state index contributed by atoms with van der Waals surface area (Å²) in [7, 11) is 1.59. The number of amides is 1. The van der Waals surface area contributed by atoms with Crippen molar-refractivity contribution in [2.45, 2.75) is 19.8 Å². The average Bonchev–Trinajstić information content (AvgIpc) is 2.79. The summed E-state index contributed by atoms with van der Waals surface area (Å²) in [6.07, 6.45) is 1.56. The Balaban J connectivity index is 1.98. The molecule has 4 nitrogen and oxygen atoms in total. The standard InChI is InChI=1S/C15H19NO3/c1-3-11-8-15(18)16(9-11)10-14(17)12-4-6-13(19-2)7-5-12/h4-7,11H,3,8-10H2,1-2H3. The summed E-state index contributed by atoms with van der Waals surface area (Å²) in [6, 6.07) is 6.99. The molecule has 0 spiro atoms. The van der Waals surface area contributed by atoms with Crippen LogP contribution in [0.4, 0.5) is 0 Å². The van der Waals surface area contributed by atoms with Gasteiger partial charge in [-0.15, -0.1) is 0 Å². The van der Waals surface area contributed by atoms with E-state index in [2.05, 4.69) is 6.92 Å². The topological polar surface area (TPSA) is 46.6 Å². The van der Waals surface area contributed by atoms with Gasteiger partial charge in [-0.05, 0) is 30.2 Å². The van der Waals surface area contributed by atoms with Crippen molar-refractivity contribution in [3.05, 3.63) is 29.8 Å². The highest BCUT2D eigenvalue weighted by Gasteiger charge is 2.29. The molecular weight excluding hydrogens is 242 g/mol. The molecule has 1 heterocycles. The van der Waals surface area contributed by atoms with Gasteiger partial charge in [0.15, 0.2) is 5.78 Å². The van der Waals surface area contributed by atoms with E-state index in [-0.39, 0.29) is 18.2 Å². The van der Waals surface area contributed by atoms with E-state index >= 15 is 0 Å². The smallest absolute Gasteiger partial charge is 0.223 e. The fourth-order valence-electron chi connectivity index (χ4n) is 2.32. The first kappa shape index (κ1) is 13.6. The van der Waals surface area contributed by atoms with Crippen molar-refractivity contribution >= 4 is 11.7 Å². The second kappa shape index (κ2) is 5.87. The van der Waals surface area contributed by atoms with Gasteiger partial charge < -0.3 is 9.64 Å². The molecule has 1 aromatic carbocycles. The van der Waals surface area contributed by atoms with Gasteiger partial charge in [0, 0.05) is 18.5 Å². The summed E-state index contributed by atoms with van der Waals surface area (Å²) in [5.41, 5.74) is 0.619. The number of carbonyl (C=O) groups excluding carboxylic acids is 2. The predicted octanol–water partition coefficient (Wildman–Crippen LogP) is 2.14. The molecule has 1 unspecified atom stereocenters. The number of Topliss-reactive ketones (excluding diaryl/α,β-unsaturated/α-hetero) is 1. The van der Waals surface area contributed by atoms with Gasteiger partial charge in [-0.2, -0.15) is 0 Å². The molecule has 0 aromatic heterocycles. The number of ether oxygens (including phenoxy) is 1. The SMILES string of the molecule is CCC1CC(=O)N(CC(=O)c2ccc(OC)cc2)C1. The lowest BCUT2D eigenvalue weighted by molar-refractivity contribution is -0.127. The van der Waals surface area contributed by atoms with Gasteiger partial charge in [0.2, 0.25) is 5.91 Å². The number of ketones is 1. The number of rotatable bonds is 5. The molecule has 0 aliphatic carbocycles. The second-order valence-corrected chi connectivity index (χ2v) is 4.90. The zero-order chi connectivity index (χ0) is 13.8. The molecular formula is C15H19NO3. The molecule has 1 aromatic rings. The summed E-state index contributed by atoms with van der Waals surface area (Å²) in [5.74, 6) is 1.19. The normalized spacial score (nSPS) is 18.7. The lowest BCUT2D eigenvalue weighted by atomic mass is 10.1. The van der Waals surface area contributed by atoms with Crippen LogP contribution < -0.4 is 4.74 Å². The number of benzene rings is 1. The maximum Gasteiger partial charge on any atom is 0.223 e. The van der Waals surface area contributed by atoms with Crippen LogP contribution in [0, 0.1) is 5.92 Å². The van der Waals surface area contributed by atoms with Crippen LogP contribution in [-0.2, 0) is 4.79 Å². The third-order valence-electron chi connectivity index (χ3n) is 3.62. The maximum absolute atomic E-state index is 12.1. The Morgan fingerprint density at radius 3 is 2.58 bits per heavy atom. The summed E-state index contributed by atoms with van der Waals surface area (Å²) in [5, 5.41) is 0. The van der Waals surface area contributed by atoms with Crippen LogP contribution in [0.5, 0.6) is 5.75 Å². The summed E-state index contributed by atoms with van der Waals surface area (Å²) in [4.78, 5) is 25.5. The van der Waals surface area contributed by atoms with E-state index in [0.29, 0.717) is 24.4 Å². The van der Waals surface area contributed by atoms with E-state index in [9.17, 15) is 9.59 Å². The highest BCUT2D eigenvalue weighted by atomic mass is 16.5. The molecule has 1 amide bonds. The van der Waals surface area contributed by atoms with Crippen LogP contribution in [0.1, 0.15) is 30.1 Å². The first-order valence-electron chi connectivity index (χ1n) is 6.59. The zero-order valence-electron chi connectivity index (χ0n) is 11.4. The van der Waals surface area contributed by atoms with Crippen molar-refractivity contribution in [1.29, 1.82) is 0 Å². The van der Waals surface area contributed by atoms with Crippen LogP contribution in [0.15, 0.2) is 24.3 Å². The third-order valence-corrected chi connectivity index (χ3v) is 3.62. The number of methoxy groups -OCH3 is 1. The summed E-state index contributed by atoms with van der Waals surface area (Å²) < 4.78 is 5.05. The van der Waals surface area contributed by atoms with Crippen molar-refractivity contribution < 1.29 is 14.3 Å². The van der Waals surface area contributed by atoms with E-state index in [1.54, 1.807) is 36.3 Å².